The molecule has 4 aromatic rings. The van der Waals surface area contributed by atoms with E-state index in [2.05, 4.69) is 20.4 Å². The van der Waals surface area contributed by atoms with E-state index in [0.29, 0.717) is 39.5 Å². The lowest BCUT2D eigenvalue weighted by molar-refractivity contribution is 0.102. The van der Waals surface area contributed by atoms with Crippen molar-refractivity contribution in [3.8, 4) is 11.4 Å². The zero-order chi connectivity index (χ0) is 17.4. The Bertz CT molecular complexity index is 1080. The fourth-order valence-electron chi connectivity index (χ4n) is 2.56. The molecule has 1 amide bonds. The molecule has 0 aliphatic rings. The van der Waals surface area contributed by atoms with Gasteiger partial charge in [0.1, 0.15) is 17.7 Å². The lowest BCUT2D eigenvalue weighted by Crippen LogP contribution is -2.11. The van der Waals surface area contributed by atoms with E-state index in [9.17, 15) is 4.79 Å². The number of oxazole rings is 1. The number of carbonyl (C=O) groups is 1. The first-order chi connectivity index (χ1) is 12.1. The van der Waals surface area contributed by atoms with E-state index < -0.39 is 0 Å². The Morgan fingerprint density at radius 1 is 1.16 bits per heavy atom. The highest BCUT2D eigenvalue weighted by Gasteiger charge is 2.16. The van der Waals surface area contributed by atoms with Gasteiger partial charge < -0.3 is 14.3 Å². The standard InChI is InChI=1S/C18H14N4O3/c1-10-7-13(5-6-19-10)21-18(23)12-3-4-16-14(8-12)17(22-25-16)15-9-24-11(2)20-15/h3-9H,1-2H3,(H,19,21,23). The summed E-state index contributed by atoms with van der Waals surface area (Å²) in [5, 5.41) is 7.59. The number of benzene rings is 1. The number of carbonyl (C=O) groups excluding carboxylic acids is 1. The molecule has 7 heteroatoms. The lowest BCUT2D eigenvalue weighted by atomic mass is 10.1. The minimum atomic E-state index is -0.226. The number of rotatable bonds is 3. The molecule has 25 heavy (non-hydrogen) atoms. The van der Waals surface area contributed by atoms with Gasteiger partial charge in [-0.1, -0.05) is 5.16 Å². The fourth-order valence-corrected chi connectivity index (χ4v) is 2.56. The number of pyridine rings is 1. The maximum absolute atomic E-state index is 12.5. The van der Waals surface area contributed by atoms with Crippen LogP contribution in [-0.4, -0.2) is 21.0 Å². The van der Waals surface area contributed by atoms with Crippen molar-refractivity contribution in [2.75, 3.05) is 5.32 Å². The van der Waals surface area contributed by atoms with Crippen molar-refractivity contribution in [1.82, 2.24) is 15.1 Å². The van der Waals surface area contributed by atoms with E-state index in [1.54, 1.807) is 43.5 Å². The largest absolute Gasteiger partial charge is 0.449 e. The summed E-state index contributed by atoms with van der Waals surface area (Å²) in [7, 11) is 0. The number of hydrogen-bond acceptors (Lipinski definition) is 6. The van der Waals surface area contributed by atoms with E-state index >= 15 is 0 Å². The van der Waals surface area contributed by atoms with Gasteiger partial charge in [-0.25, -0.2) is 4.98 Å². The Balaban J connectivity index is 1.69. The Hall–Kier alpha value is -3.48. The first kappa shape index (κ1) is 15.1. The molecular weight excluding hydrogens is 320 g/mol. The smallest absolute Gasteiger partial charge is 0.255 e. The van der Waals surface area contributed by atoms with E-state index in [1.165, 1.54) is 6.26 Å². The molecule has 0 atom stereocenters. The number of nitrogens with one attached hydrogen (secondary N) is 1. The van der Waals surface area contributed by atoms with Crippen LogP contribution in [0.15, 0.2) is 51.7 Å². The number of hydrogen-bond donors (Lipinski definition) is 1. The van der Waals surface area contributed by atoms with Gasteiger partial charge in [-0.15, -0.1) is 0 Å². The van der Waals surface area contributed by atoms with Crippen LogP contribution in [0.5, 0.6) is 0 Å². The molecular formula is C18H14N4O3. The number of amides is 1. The van der Waals surface area contributed by atoms with Gasteiger partial charge in [0.25, 0.3) is 5.91 Å². The first-order valence-corrected chi connectivity index (χ1v) is 7.66. The van der Waals surface area contributed by atoms with Gasteiger partial charge in [0.15, 0.2) is 11.5 Å². The molecule has 4 rings (SSSR count). The van der Waals surface area contributed by atoms with Crippen molar-refractivity contribution in [3.63, 3.8) is 0 Å². The normalized spacial score (nSPS) is 11.0. The summed E-state index contributed by atoms with van der Waals surface area (Å²) in [5.41, 5.74) is 3.70. The van der Waals surface area contributed by atoms with Gasteiger partial charge in [0, 0.05) is 30.1 Å². The van der Waals surface area contributed by atoms with Crippen LogP contribution in [0.1, 0.15) is 21.9 Å². The SMILES string of the molecule is Cc1cc(NC(=O)c2ccc3onc(-c4coc(C)n4)c3c2)ccn1. The van der Waals surface area contributed by atoms with Crippen LogP contribution in [0.4, 0.5) is 5.69 Å². The van der Waals surface area contributed by atoms with Crippen molar-refractivity contribution >= 4 is 22.6 Å². The molecule has 0 aliphatic heterocycles. The average Bonchev–Trinajstić information content (AvgIpc) is 3.20. The molecule has 3 heterocycles. The summed E-state index contributed by atoms with van der Waals surface area (Å²) in [5.74, 6) is 0.309. The maximum atomic E-state index is 12.5. The highest BCUT2D eigenvalue weighted by molar-refractivity contribution is 6.07. The predicted octanol–water partition coefficient (Wildman–Crippen LogP) is 3.75. The first-order valence-electron chi connectivity index (χ1n) is 7.66. The third kappa shape index (κ3) is 2.87. The highest BCUT2D eigenvalue weighted by Crippen LogP contribution is 2.28. The number of aryl methyl sites for hydroxylation is 2. The van der Waals surface area contributed by atoms with Crippen molar-refractivity contribution in [3.05, 3.63) is 59.9 Å². The van der Waals surface area contributed by atoms with Crippen LogP contribution >= 0.6 is 0 Å². The average molecular weight is 334 g/mol. The second-order valence-corrected chi connectivity index (χ2v) is 5.63. The fraction of sp³-hybridized carbons (Fsp3) is 0.111. The Morgan fingerprint density at radius 2 is 2.04 bits per heavy atom. The van der Waals surface area contributed by atoms with Crippen LogP contribution < -0.4 is 5.32 Å². The van der Waals surface area contributed by atoms with E-state index in [0.717, 1.165) is 5.69 Å². The molecule has 0 saturated heterocycles. The molecule has 0 spiro atoms. The quantitative estimate of drug-likeness (QED) is 0.613. The molecule has 124 valence electrons. The number of fused-ring (bicyclic) bond motifs is 1. The van der Waals surface area contributed by atoms with Crippen LogP contribution in [0.3, 0.4) is 0 Å². The Morgan fingerprint density at radius 3 is 2.80 bits per heavy atom. The highest BCUT2D eigenvalue weighted by atomic mass is 16.5. The minimum absolute atomic E-state index is 0.226. The third-order valence-corrected chi connectivity index (χ3v) is 3.75. The molecule has 0 radical (unpaired) electrons. The maximum Gasteiger partial charge on any atom is 0.255 e. The van der Waals surface area contributed by atoms with Gasteiger partial charge in [-0.2, -0.15) is 0 Å². The monoisotopic (exact) mass is 334 g/mol. The van der Waals surface area contributed by atoms with Gasteiger partial charge in [-0.05, 0) is 37.3 Å². The van der Waals surface area contributed by atoms with Crippen molar-refractivity contribution < 1.29 is 13.7 Å². The Labute approximate surface area is 142 Å². The third-order valence-electron chi connectivity index (χ3n) is 3.75. The summed E-state index contributed by atoms with van der Waals surface area (Å²) in [6, 6.07) is 8.68. The number of anilines is 1. The molecule has 0 bridgehead atoms. The minimum Gasteiger partial charge on any atom is -0.449 e. The summed E-state index contributed by atoms with van der Waals surface area (Å²) in [6.45, 7) is 3.62. The molecule has 1 aromatic carbocycles. The van der Waals surface area contributed by atoms with Crippen LogP contribution in [0.2, 0.25) is 0 Å². The van der Waals surface area contributed by atoms with Crippen molar-refractivity contribution in [1.29, 1.82) is 0 Å². The molecule has 7 nitrogen and oxygen atoms in total. The number of nitrogens with zero attached hydrogens (tertiary/aromatic N) is 3. The molecule has 0 unspecified atom stereocenters. The molecule has 3 aromatic heterocycles. The van der Waals surface area contributed by atoms with Gasteiger partial charge in [-0.3, -0.25) is 9.78 Å². The number of aromatic nitrogens is 3. The topological polar surface area (TPSA) is 94.1 Å². The van der Waals surface area contributed by atoms with Gasteiger partial charge >= 0.3 is 0 Å². The summed E-state index contributed by atoms with van der Waals surface area (Å²) >= 11 is 0. The van der Waals surface area contributed by atoms with Gasteiger partial charge in [0.05, 0.1) is 5.39 Å². The van der Waals surface area contributed by atoms with Crippen LogP contribution in [-0.2, 0) is 0 Å². The van der Waals surface area contributed by atoms with Crippen molar-refractivity contribution in [2.45, 2.75) is 13.8 Å². The molecule has 0 saturated carbocycles. The zero-order valence-corrected chi connectivity index (χ0v) is 13.6. The molecule has 1 N–H and O–H groups in total. The Kier molecular flexibility index (Phi) is 3.53. The van der Waals surface area contributed by atoms with Crippen LogP contribution in [0, 0.1) is 13.8 Å². The lowest BCUT2D eigenvalue weighted by Gasteiger charge is -2.05. The van der Waals surface area contributed by atoms with E-state index in [1.807, 2.05) is 6.92 Å². The van der Waals surface area contributed by atoms with Crippen molar-refractivity contribution in [2.24, 2.45) is 0 Å². The van der Waals surface area contributed by atoms with Crippen LogP contribution in [0.25, 0.3) is 22.4 Å². The summed E-state index contributed by atoms with van der Waals surface area (Å²) < 4.78 is 10.5. The molecule has 0 aliphatic carbocycles. The van der Waals surface area contributed by atoms with Gasteiger partial charge in [0.2, 0.25) is 0 Å². The van der Waals surface area contributed by atoms with E-state index in [4.69, 9.17) is 8.94 Å². The zero-order valence-electron chi connectivity index (χ0n) is 13.6. The predicted molar refractivity (Wildman–Crippen MR) is 91.2 cm³/mol. The summed E-state index contributed by atoms with van der Waals surface area (Å²) in [4.78, 5) is 20.9. The second kappa shape index (κ2) is 5.86. The molecule has 0 fully saturated rings. The second-order valence-electron chi connectivity index (χ2n) is 5.63. The summed E-state index contributed by atoms with van der Waals surface area (Å²) in [6.07, 6.45) is 3.16. The van der Waals surface area contributed by atoms with E-state index in [-0.39, 0.29) is 5.91 Å².